The first-order valence-corrected chi connectivity index (χ1v) is 8.66. The third kappa shape index (κ3) is 4.09. The molecule has 1 heterocycles. The van der Waals surface area contributed by atoms with Crippen LogP contribution in [0.4, 0.5) is 0 Å². The van der Waals surface area contributed by atoms with E-state index in [2.05, 4.69) is 30.9 Å². The second-order valence-electron chi connectivity index (χ2n) is 6.20. The van der Waals surface area contributed by atoms with E-state index in [1.807, 2.05) is 12.1 Å². The lowest BCUT2D eigenvalue weighted by atomic mass is 9.95. The third-order valence-corrected chi connectivity index (χ3v) is 4.56. The van der Waals surface area contributed by atoms with E-state index in [0.717, 1.165) is 44.2 Å². The highest BCUT2D eigenvalue weighted by atomic mass is 16.2. The standard InChI is InChI=1S/C19H29NO/c1-3-5-11-16-12-6-7-14-18(16)19(21)20-15-9-8-13-17(20)10-4-2/h6-7,12,14,17H,3-5,8-11,13,15H2,1-2H3. The molecule has 0 saturated carbocycles. The third-order valence-electron chi connectivity index (χ3n) is 4.56. The van der Waals surface area contributed by atoms with Gasteiger partial charge in [0, 0.05) is 18.2 Å². The van der Waals surface area contributed by atoms with E-state index >= 15 is 0 Å². The van der Waals surface area contributed by atoms with Crippen molar-refractivity contribution >= 4 is 5.91 Å². The van der Waals surface area contributed by atoms with Crippen molar-refractivity contribution in [3.8, 4) is 0 Å². The molecule has 1 saturated heterocycles. The van der Waals surface area contributed by atoms with Crippen molar-refractivity contribution in [1.82, 2.24) is 4.90 Å². The van der Waals surface area contributed by atoms with Crippen LogP contribution in [0.3, 0.4) is 0 Å². The van der Waals surface area contributed by atoms with Crippen LogP contribution in [0, 0.1) is 0 Å². The normalized spacial score (nSPS) is 18.8. The SMILES string of the molecule is CCCCc1ccccc1C(=O)N1CCCCC1CCC. The summed E-state index contributed by atoms with van der Waals surface area (Å²) in [5, 5.41) is 0. The van der Waals surface area contributed by atoms with Crippen LogP contribution in [0.15, 0.2) is 24.3 Å². The molecule has 2 heteroatoms. The Morgan fingerprint density at radius 1 is 1.19 bits per heavy atom. The molecular weight excluding hydrogens is 258 g/mol. The second kappa shape index (κ2) is 8.21. The Morgan fingerprint density at radius 2 is 2.00 bits per heavy atom. The van der Waals surface area contributed by atoms with Crippen molar-refractivity contribution in [3.63, 3.8) is 0 Å². The molecule has 1 atom stereocenters. The molecule has 1 fully saturated rings. The molecule has 1 unspecified atom stereocenters. The Kier molecular flexibility index (Phi) is 6.28. The van der Waals surface area contributed by atoms with Crippen LogP contribution >= 0.6 is 0 Å². The predicted molar refractivity (Wildman–Crippen MR) is 88.6 cm³/mol. The van der Waals surface area contributed by atoms with Gasteiger partial charge >= 0.3 is 0 Å². The maximum Gasteiger partial charge on any atom is 0.254 e. The van der Waals surface area contributed by atoms with Crippen molar-refractivity contribution < 1.29 is 4.79 Å². The zero-order chi connectivity index (χ0) is 15.1. The minimum Gasteiger partial charge on any atom is -0.336 e. The Bertz CT molecular complexity index is 453. The molecule has 1 aliphatic rings. The molecule has 0 bridgehead atoms. The van der Waals surface area contributed by atoms with Crippen LogP contribution in [0.2, 0.25) is 0 Å². The van der Waals surface area contributed by atoms with Gasteiger partial charge in [0.1, 0.15) is 0 Å². The molecule has 1 aromatic rings. The highest BCUT2D eigenvalue weighted by Crippen LogP contribution is 2.24. The van der Waals surface area contributed by atoms with Gasteiger partial charge in [0.05, 0.1) is 0 Å². The molecule has 1 aliphatic heterocycles. The van der Waals surface area contributed by atoms with Gasteiger partial charge < -0.3 is 4.90 Å². The summed E-state index contributed by atoms with van der Waals surface area (Å²) >= 11 is 0. The first-order chi connectivity index (χ1) is 10.3. The molecule has 2 nitrogen and oxygen atoms in total. The molecule has 0 radical (unpaired) electrons. The molecule has 0 aromatic heterocycles. The van der Waals surface area contributed by atoms with E-state index in [-0.39, 0.29) is 5.91 Å². The topological polar surface area (TPSA) is 20.3 Å². The van der Waals surface area contributed by atoms with Gasteiger partial charge in [-0.05, 0) is 50.2 Å². The predicted octanol–water partition coefficient (Wildman–Crippen LogP) is 4.82. The fourth-order valence-corrected chi connectivity index (χ4v) is 3.37. The zero-order valence-electron chi connectivity index (χ0n) is 13.6. The largest absolute Gasteiger partial charge is 0.336 e. The Morgan fingerprint density at radius 3 is 2.76 bits per heavy atom. The number of nitrogens with zero attached hydrogens (tertiary/aromatic N) is 1. The van der Waals surface area contributed by atoms with E-state index in [4.69, 9.17) is 0 Å². The Hall–Kier alpha value is -1.31. The smallest absolute Gasteiger partial charge is 0.254 e. The van der Waals surface area contributed by atoms with Crippen LogP contribution < -0.4 is 0 Å². The minimum absolute atomic E-state index is 0.264. The van der Waals surface area contributed by atoms with Crippen LogP contribution in [0.1, 0.15) is 74.7 Å². The van der Waals surface area contributed by atoms with Gasteiger partial charge in [-0.3, -0.25) is 4.79 Å². The Balaban J connectivity index is 2.17. The van der Waals surface area contributed by atoms with E-state index in [1.165, 1.54) is 24.8 Å². The van der Waals surface area contributed by atoms with Gasteiger partial charge in [-0.15, -0.1) is 0 Å². The second-order valence-corrected chi connectivity index (χ2v) is 6.20. The van der Waals surface area contributed by atoms with E-state index in [9.17, 15) is 4.79 Å². The zero-order valence-corrected chi connectivity index (χ0v) is 13.6. The number of hydrogen-bond acceptors (Lipinski definition) is 1. The molecule has 0 spiro atoms. The molecule has 21 heavy (non-hydrogen) atoms. The summed E-state index contributed by atoms with van der Waals surface area (Å²) in [5.74, 6) is 0.264. The van der Waals surface area contributed by atoms with Gasteiger partial charge in [-0.1, -0.05) is 44.9 Å². The fraction of sp³-hybridized carbons (Fsp3) is 0.632. The number of carbonyl (C=O) groups excluding carboxylic acids is 1. The number of aryl methyl sites for hydroxylation is 1. The summed E-state index contributed by atoms with van der Waals surface area (Å²) in [6.45, 7) is 5.35. The van der Waals surface area contributed by atoms with Gasteiger partial charge in [-0.2, -0.15) is 0 Å². The summed E-state index contributed by atoms with van der Waals surface area (Å²) in [7, 11) is 0. The first kappa shape index (κ1) is 16.1. The number of unbranched alkanes of at least 4 members (excludes halogenated alkanes) is 1. The monoisotopic (exact) mass is 287 g/mol. The number of carbonyl (C=O) groups is 1. The van der Waals surface area contributed by atoms with Crippen molar-refractivity contribution in [2.24, 2.45) is 0 Å². The molecule has 1 aromatic carbocycles. The van der Waals surface area contributed by atoms with Crippen LogP contribution in [0.5, 0.6) is 0 Å². The van der Waals surface area contributed by atoms with Crippen molar-refractivity contribution in [2.75, 3.05) is 6.54 Å². The quantitative estimate of drug-likeness (QED) is 0.734. The summed E-state index contributed by atoms with van der Waals surface area (Å²) in [5.41, 5.74) is 2.17. The average molecular weight is 287 g/mol. The van der Waals surface area contributed by atoms with E-state index in [1.54, 1.807) is 0 Å². The van der Waals surface area contributed by atoms with E-state index in [0.29, 0.717) is 6.04 Å². The summed E-state index contributed by atoms with van der Waals surface area (Å²) in [6, 6.07) is 8.66. The van der Waals surface area contributed by atoms with Gasteiger partial charge in [0.15, 0.2) is 0 Å². The first-order valence-electron chi connectivity index (χ1n) is 8.66. The maximum absolute atomic E-state index is 13.0. The lowest BCUT2D eigenvalue weighted by Crippen LogP contribution is -2.44. The molecular formula is C19H29NO. The van der Waals surface area contributed by atoms with Crippen LogP contribution in [-0.2, 0) is 6.42 Å². The van der Waals surface area contributed by atoms with Crippen molar-refractivity contribution in [3.05, 3.63) is 35.4 Å². The Labute approximate surface area is 129 Å². The number of hydrogen-bond donors (Lipinski definition) is 0. The number of likely N-dealkylation sites (tertiary alicyclic amines) is 1. The summed E-state index contributed by atoms with van der Waals surface area (Å²) in [6.07, 6.45) is 9.25. The number of rotatable bonds is 6. The fourth-order valence-electron chi connectivity index (χ4n) is 3.37. The maximum atomic E-state index is 13.0. The van der Waals surface area contributed by atoms with Gasteiger partial charge in [0.2, 0.25) is 0 Å². The lowest BCUT2D eigenvalue weighted by molar-refractivity contribution is 0.0599. The number of benzene rings is 1. The molecule has 1 amide bonds. The van der Waals surface area contributed by atoms with Gasteiger partial charge in [-0.25, -0.2) is 0 Å². The van der Waals surface area contributed by atoms with Crippen LogP contribution in [-0.4, -0.2) is 23.4 Å². The summed E-state index contributed by atoms with van der Waals surface area (Å²) in [4.78, 5) is 15.1. The lowest BCUT2D eigenvalue weighted by Gasteiger charge is -2.36. The molecule has 2 rings (SSSR count). The average Bonchev–Trinajstić information content (AvgIpc) is 2.53. The number of piperidine rings is 1. The highest BCUT2D eigenvalue weighted by Gasteiger charge is 2.27. The minimum atomic E-state index is 0.264. The van der Waals surface area contributed by atoms with Gasteiger partial charge in [0.25, 0.3) is 5.91 Å². The van der Waals surface area contributed by atoms with E-state index < -0.39 is 0 Å². The van der Waals surface area contributed by atoms with Crippen LogP contribution in [0.25, 0.3) is 0 Å². The van der Waals surface area contributed by atoms with Crippen molar-refractivity contribution in [1.29, 1.82) is 0 Å². The molecule has 116 valence electrons. The van der Waals surface area contributed by atoms with Crippen molar-refractivity contribution in [2.45, 2.75) is 71.3 Å². The molecule has 0 N–H and O–H groups in total. The number of amides is 1. The highest BCUT2D eigenvalue weighted by molar-refractivity contribution is 5.96. The summed E-state index contributed by atoms with van der Waals surface area (Å²) < 4.78 is 0. The molecule has 0 aliphatic carbocycles.